The number of halogens is 1. The van der Waals surface area contributed by atoms with Gasteiger partial charge in [-0.1, -0.05) is 31.9 Å². The van der Waals surface area contributed by atoms with E-state index in [0.717, 1.165) is 49.9 Å². The maximum absolute atomic E-state index is 14.9. The van der Waals surface area contributed by atoms with Gasteiger partial charge in [0.15, 0.2) is 0 Å². The van der Waals surface area contributed by atoms with Crippen LogP contribution in [0.25, 0.3) is 11.3 Å². The van der Waals surface area contributed by atoms with Crippen LogP contribution in [0.1, 0.15) is 82.7 Å². The summed E-state index contributed by atoms with van der Waals surface area (Å²) in [6, 6.07) is 5.07. The van der Waals surface area contributed by atoms with Crippen LogP contribution in [0.4, 0.5) is 9.18 Å². The van der Waals surface area contributed by atoms with E-state index in [1.165, 1.54) is 31.7 Å². The molecule has 194 valence electrons. The predicted molar refractivity (Wildman–Crippen MR) is 137 cm³/mol. The molecular formula is C29H39FN4O2. The van der Waals surface area contributed by atoms with Crippen molar-refractivity contribution in [2.45, 2.75) is 89.3 Å². The average Bonchev–Trinajstić information content (AvgIpc) is 3.59. The van der Waals surface area contributed by atoms with Crippen LogP contribution in [0.15, 0.2) is 30.7 Å². The van der Waals surface area contributed by atoms with Crippen molar-refractivity contribution in [3.63, 3.8) is 0 Å². The molecule has 0 saturated heterocycles. The fourth-order valence-electron chi connectivity index (χ4n) is 7.97. The number of hydrogen-bond acceptors (Lipinski definition) is 3. The van der Waals surface area contributed by atoms with E-state index in [9.17, 15) is 14.3 Å². The fraction of sp³-hybridized carbons (Fsp3) is 0.655. The lowest BCUT2D eigenvalue weighted by molar-refractivity contribution is -0.0525. The summed E-state index contributed by atoms with van der Waals surface area (Å²) < 4.78 is 16.9. The van der Waals surface area contributed by atoms with Crippen molar-refractivity contribution >= 4 is 6.03 Å². The van der Waals surface area contributed by atoms with Gasteiger partial charge in [0.05, 0.1) is 30.4 Å². The van der Waals surface area contributed by atoms with E-state index < -0.39 is 6.10 Å². The number of carbonyl (C=O) groups is 1. The molecule has 3 aliphatic carbocycles. The Kier molecular flexibility index (Phi) is 6.30. The Morgan fingerprint density at radius 2 is 2.08 bits per heavy atom. The largest absolute Gasteiger partial charge is 0.392 e. The Balaban J connectivity index is 1.13. The highest BCUT2D eigenvalue weighted by Crippen LogP contribution is 2.53. The molecule has 6 nitrogen and oxygen atoms in total. The summed E-state index contributed by atoms with van der Waals surface area (Å²) in [5, 5.41) is 18.0. The van der Waals surface area contributed by atoms with Crippen molar-refractivity contribution < 1.29 is 14.3 Å². The summed E-state index contributed by atoms with van der Waals surface area (Å²) in [5.41, 5.74) is 2.21. The molecular weight excluding hydrogens is 455 g/mol. The van der Waals surface area contributed by atoms with Crippen LogP contribution in [-0.2, 0) is 0 Å². The first kappa shape index (κ1) is 24.0. The summed E-state index contributed by atoms with van der Waals surface area (Å²) >= 11 is 0. The third kappa shape index (κ3) is 4.33. The zero-order chi connectivity index (χ0) is 24.9. The first-order valence-corrected chi connectivity index (χ1v) is 13.9. The van der Waals surface area contributed by atoms with Crippen molar-refractivity contribution in [1.82, 2.24) is 20.2 Å². The third-order valence-corrected chi connectivity index (χ3v) is 9.83. The summed E-state index contributed by atoms with van der Waals surface area (Å²) in [6.07, 6.45) is 13.5. The molecule has 1 aromatic carbocycles. The van der Waals surface area contributed by atoms with Gasteiger partial charge in [-0.2, -0.15) is 0 Å². The minimum absolute atomic E-state index is 0.0381. The Morgan fingerprint density at radius 3 is 2.92 bits per heavy atom. The van der Waals surface area contributed by atoms with Gasteiger partial charge in [0.25, 0.3) is 0 Å². The highest BCUT2D eigenvalue weighted by molar-refractivity contribution is 5.74. The van der Waals surface area contributed by atoms with Gasteiger partial charge in [0.1, 0.15) is 5.82 Å². The number of rotatable bonds is 6. The summed E-state index contributed by atoms with van der Waals surface area (Å²) in [4.78, 5) is 17.0. The number of imidazole rings is 1. The number of aliphatic hydroxyl groups excluding tert-OH is 1. The number of urea groups is 1. The lowest BCUT2D eigenvalue weighted by atomic mass is 9.57. The Morgan fingerprint density at radius 1 is 1.25 bits per heavy atom. The van der Waals surface area contributed by atoms with Crippen molar-refractivity contribution in [3.8, 4) is 11.3 Å². The normalized spacial score (nSPS) is 32.1. The lowest BCUT2D eigenvalue weighted by Gasteiger charge is -2.50. The topological polar surface area (TPSA) is 79.2 Å². The molecule has 2 aromatic rings. The number of nitrogens with one attached hydrogen (secondary N) is 2. The van der Waals surface area contributed by atoms with Gasteiger partial charge >= 0.3 is 6.03 Å². The summed E-state index contributed by atoms with van der Waals surface area (Å²) in [5.74, 6) is 1.35. The zero-order valence-electron chi connectivity index (χ0n) is 21.3. The molecule has 1 aromatic heterocycles. The maximum atomic E-state index is 14.9. The van der Waals surface area contributed by atoms with Crippen molar-refractivity contribution in [3.05, 3.63) is 42.1 Å². The number of benzene rings is 1. The van der Waals surface area contributed by atoms with E-state index in [1.54, 1.807) is 18.6 Å². The number of fused-ring (bicyclic) bond motifs is 5. The van der Waals surface area contributed by atoms with E-state index >= 15 is 0 Å². The van der Waals surface area contributed by atoms with Gasteiger partial charge in [0.2, 0.25) is 0 Å². The quantitative estimate of drug-likeness (QED) is 0.502. The Labute approximate surface area is 213 Å². The first-order valence-electron chi connectivity index (χ1n) is 13.9. The van der Waals surface area contributed by atoms with Crippen LogP contribution in [-0.4, -0.2) is 39.4 Å². The molecule has 3 saturated carbocycles. The molecule has 0 spiro atoms. The summed E-state index contributed by atoms with van der Waals surface area (Å²) in [7, 11) is 0. The highest BCUT2D eigenvalue weighted by atomic mass is 19.1. The minimum Gasteiger partial charge on any atom is -0.392 e. The number of aliphatic hydroxyl groups is 1. The molecule has 2 bridgehead atoms. The fourth-order valence-corrected chi connectivity index (χ4v) is 7.97. The molecule has 6 atom stereocenters. The first-order chi connectivity index (χ1) is 17.4. The second-order valence-electron chi connectivity index (χ2n) is 12.3. The van der Waals surface area contributed by atoms with Gasteiger partial charge in [-0.25, -0.2) is 14.2 Å². The van der Waals surface area contributed by atoms with Crippen LogP contribution >= 0.6 is 0 Å². The SMILES string of the molecule is C[C@@]1(C(O)CC2c3c(F)cccc3-c3cncn32)CC2CCC(NC(=O)NCC3CCCC3)C(C2)C1. The van der Waals surface area contributed by atoms with Gasteiger partial charge in [-0.05, 0) is 80.6 Å². The molecule has 1 aliphatic heterocycles. The van der Waals surface area contributed by atoms with Crippen molar-refractivity contribution in [2.24, 2.45) is 23.2 Å². The molecule has 5 unspecified atom stereocenters. The van der Waals surface area contributed by atoms with Crippen LogP contribution in [0, 0.1) is 29.0 Å². The van der Waals surface area contributed by atoms with E-state index in [4.69, 9.17) is 0 Å². The standard InChI is InChI=1S/C29H39FN4O2/c1-29(26(35)12-24-27-21(7-4-8-22(27)30)25-16-31-17-34(24)25)13-19-9-10-23(20(11-19)14-29)33-28(36)32-15-18-5-2-3-6-18/h4,7-8,16-20,23-24,26,35H,2-3,5-6,9-15H2,1H3,(H2,32,33,36)/t19?,20?,23?,24?,26?,29-/m1/s1. The van der Waals surface area contributed by atoms with Crippen LogP contribution in [0.5, 0.6) is 0 Å². The second-order valence-corrected chi connectivity index (χ2v) is 12.3. The molecule has 2 amide bonds. The van der Waals surface area contributed by atoms with Crippen molar-refractivity contribution in [2.75, 3.05) is 6.54 Å². The van der Waals surface area contributed by atoms with E-state index in [0.29, 0.717) is 29.7 Å². The number of nitrogens with zero attached hydrogens (tertiary/aromatic N) is 2. The molecule has 2 heterocycles. The van der Waals surface area contributed by atoms with Gasteiger partial charge in [-0.3, -0.25) is 0 Å². The second kappa shape index (κ2) is 9.47. The monoisotopic (exact) mass is 494 g/mol. The third-order valence-electron chi connectivity index (χ3n) is 9.83. The molecule has 6 rings (SSSR count). The maximum Gasteiger partial charge on any atom is 0.315 e. The Hall–Kier alpha value is -2.41. The number of carbonyl (C=O) groups excluding carboxylic acids is 1. The number of hydrogen-bond donors (Lipinski definition) is 3. The van der Waals surface area contributed by atoms with Gasteiger partial charge in [-0.15, -0.1) is 0 Å². The molecule has 3 fully saturated rings. The highest BCUT2D eigenvalue weighted by Gasteiger charge is 2.48. The lowest BCUT2D eigenvalue weighted by Crippen LogP contribution is -2.53. The van der Waals surface area contributed by atoms with E-state index in [2.05, 4.69) is 22.5 Å². The average molecular weight is 495 g/mol. The molecule has 0 radical (unpaired) electrons. The minimum atomic E-state index is -0.566. The molecule has 7 heteroatoms. The van der Waals surface area contributed by atoms with E-state index in [-0.39, 0.29) is 29.3 Å². The number of aromatic nitrogens is 2. The number of amides is 2. The zero-order valence-corrected chi connectivity index (χ0v) is 21.3. The van der Waals surface area contributed by atoms with Gasteiger partial charge in [0, 0.05) is 23.7 Å². The van der Waals surface area contributed by atoms with E-state index in [1.807, 2.05) is 10.6 Å². The van der Waals surface area contributed by atoms with Crippen LogP contribution in [0.2, 0.25) is 0 Å². The van der Waals surface area contributed by atoms with Crippen molar-refractivity contribution in [1.29, 1.82) is 0 Å². The van der Waals surface area contributed by atoms with Gasteiger partial charge < -0.3 is 20.3 Å². The van der Waals surface area contributed by atoms with Crippen LogP contribution < -0.4 is 10.6 Å². The molecule has 3 N–H and O–H groups in total. The Bertz CT molecular complexity index is 1110. The molecule has 4 aliphatic rings. The smallest absolute Gasteiger partial charge is 0.315 e. The predicted octanol–water partition coefficient (Wildman–Crippen LogP) is 5.42. The van der Waals surface area contributed by atoms with Crippen LogP contribution in [0.3, 0.4) is 0 Å². The molecule has 36 heavy (non-hydrogen) atoms. The summed E-state index contributed by atoms with van der Waals surface area (Å²) in [6.45, 7) is 2.98.